The van der Waals surface area contributed by atoms with Gasteiger partial charge in [-0.1, -0.05) is 30.3 Å². The third kappa shape index (κ3) is 22.2. The fraction of sp³-hybridized carbons (Fsp3) is 0.303. The van der Waals surface area contributed by atoms with Crippen molar-refractivity contribution in [3.63, 3.8) is 0 Å². The smallest absolute Gasteiger partial charge is 0.244 e. The quantitative estimate of drug-likeness (QED) is 0.0882. The van der Waals surface area contributed by atoms with Crippen molar-refractivity contribution in [3.05, 3.63) is 127 Å². The van der Waals surface area contributed by atoms with Gasteiger partial charge in [0.15, 0.2) is 0 Å². The maximum atomic E-state index is 9.87. The zero-order valence-electron chi connectivity index (χ0n) is 29.2. The Morgan fingerprint density at radius 3 is 1.18 bits per heavy atom. The molecule has 0 unspecified atom stereocenters. The second-order valence-electron chi connectivity index (χ2n) is 12.3. The summed E-state index contributed by atoms with van der Waals surface area (Å²) in [5, 5.41) is 0. The van der Waals surface area contributed by atoms with Gasteiger partial charge in [0.05, 0.1) is 37.8 Å². The van der Waals surface area contributed by atoms with Crippen LogP contribution >= 0.6 is 15.6 Å². The Kier molecular flexibility index (Phi) is 12.8. The van der Waals surface area contributed by atoms with Crippen molar-refractivity contribution < 1.29 is 78.4 Å². The van der Waals surface area contributed by atoms with Crippen molar-refractivity contribution in [2.45, 2.75) is 26.2 Å². The van der Waals surface area contributed by atoms with Crippen molar-refractivity contribution in [2.75, 3.05) is 39.6 Å². The molecule has 4 aliphatic rings. The summed E-state index contributed by atoms with van der Waals surface area (Å²) in [6.45, 7) is 6.06. The number of hydrogen-bond donors (Lipinski definition) is 0. The van der Waals surface area contributed by atoms with Gasteiger partial charge in [-0.15, -0.1) is 0 Å². The first-order valence-corrected chi connectivity index (χ1v) is 20.5. The average molecular weight is 858 g/mol. The third-order valence-electron chi connectivity index (χ3n) is 6.99. The van der Waals surface area contributed by atoms with Gasteiger partial charge in [-0.2, -0.15) is 0 Å². The molecule has 9 rings (SSSR count). The van der Waals surface area contributed by atoms with Crippen LogP contribution in [-0.2, 0) is 35.7 Å². The molecule has 0 atom stereocenters. The molecule has 312 valence electrons. The van der Waals surface area contributed by atoms with Gasteiger partial charge in [-0.3, -0.25) is 0 Å². The fourth-order valence-electron chi connectivity index (χ4n) is 4.89. The number of aromatic nitrogens is 5. The first-order chi connectivity index (χ1) is 25.6. The zero-order valence-corrected chi connectivity index (χ0v) is 31.0. The maximum absolute atomic E-state index is 10.7. The van der Waals surface area contributed by atoms with E-state index in [1.807, 2.05) is 24.3 Å². The van der Waals surface area contributed by atoms with Crippen molar-refractivity contribution in [1.82, 2.24) is 14.1 Å². The molecule has 0 aliphatic carbocycles. The molecule has 0 saturated carbocycles. The molecule has 2 aromatic carbocycles. The SMILES string of the molecule is F[P-](F)(F)(F)(F)F.F[P-](F)(F)(F)(F)F.c1cc2nc(c1)Cn1cc[n+](c1)Cc1ccc(cc1)OCCOCCOCCOc1ccc(cc1)C[n+]1ccn(c1)C2. The Bertz CT molecular complexity index is 1850. The third-order valence-corrected chi connectivity index (χ3v) is 6.99. The molecule has 23 heteroatoms. The molecular weight excluding hydrogens is 820 g/mol. The maximum Gasteiger partial charge on any atom is 0.244 e. The Morgan fingerprint density at radius 2 is 0.821 bits per heavy atom. The number of benzene rings is 2. The zero-order chi connectivity index (χ0) is 41.2. The van der Waals surface area contributed by atoms with Crippen LogP contribution in [0.15, 0.2) is 104 Å². The van der Waals surface area contributed by atoms with Crippen LogP contribution in [0.4, 0.5) is 50.4 Å². The van der Waals surface area contributed by atoms with E-state index >= 15 is 0 Å². The number of hydrogen-bond acceptors (Lipinski definition) is 5. The second-order valence-corrected chi connectivity index (χ2v) is 16.1. The number of rotatable bonds is 0. The van der Waals surface area contributed by atoms with E-state index in [9.17, 15) is 50.4 Å². The minimum atomic E-state index is -10.7. The van der Waals surface area contributed by atoms with Crippen LogP contribution in [0.1, 0.15) is 22.5 Å². The van der Waals surface area contributed by atoms with E-state index in [1.165, 1.54) is 11.1 Å². The van der Waals surface area contributed by atoms with Crippen molar-refractivity contribution >= 4 is 15.6 Å². The normalized spacial score (nSPS) is 17.3. The molecule has 10 bridgehead atoms. The Balaban J connectivity index is 0.000000425. The van der Waals surface area contributed by atoms with E-state index < -0.39 is 15.6 Å². The molecule has 5 aromatic rings. The summed E-state index contributed by atoms with van der Waals surface area (Å²) < 4.78 is 150. The molecule has 7 heterocycles. The summed E-state index contributed by atoms with van der Waals surface area (Å²) in [7, 11) is -21.3. The van der Waals surface area contributed by atoms with E-state index in [0.29, 0.717) is 52.7 Å². The molecule has 0 spiro atoms. The van der Waals surface area contributed by atoms with Gasteiger partial charge in [0.2, 0.25) is 12.7 Å². The number of imidazole rings is 2. The van der Waals surface area contributed by atoms with Gasteiger partial charge in [0, 0.05) is 0 Å². The molecule has 3 aromatic heterocycles. The van der Waals surface area contributed by atoms with Gasteiger partial charge in [0.25, 0.3) is 0 Å². The Morgan fingerprint density at radius 1 is 0.482 bits per heavy atom. The molecule has 4 aliphatic heterocycles. The van der Waals surface area contributed by atoms with Crippen LogP contribution < -0.4 is 18.6 Å². The van der Waals surface area contributed by atoms with Crippen LogP contribution in [-0.4, -0.2) is 53.8 Å². The van der Waals surface area contributed by atoms with Crippen LogP contribution in [0.2, 0.25) is 0 Å². The van der Waals surface area contributed by atoms with Crippen LogP contribution in [0.25, 0.3) is 0 Å². The van der Waals surface area contributed by atoms with Crippen molar-refractivity contribution in [2.24, 2.45) is 0 Å². The first-order valence-electron chi connectivity index (χ1n) is 16.4. The number of nitrogens with zero attached hydrogens (tertiary/aromatic N) is 5. The van der Waals surface area contributed by atoms with Gasteiger partial charge < -0.3 is 18.9 Å². The summed E-state index contributed by atoms with van der Waals surface area (Å²) in [6, 6.07) is 22.7. The van der Waals surface area contributed by atoms with E-state index in [-0.39, 0.29) is 0 Å². The summed E-state index contributed by atoms with van der Waals surface area (Å²) in [5.74, 6) is 1.67. The minimum Gasteiger partial charge on any atom is -0.491 e. The van der Waals surface area contributed by atoms with E-state index in [1.54, 1.807) is 0 Å². The monoisotopic (exact) mass is 857 g/mol. The van der Waals surface area contributed by atoms with E-state index in [4.69, 9.17) is 23.9 Å². The summed E-state index contributed by atoms with van der Waals surface area (Å²) in [4.78, 5) is 4.93. The molecule has 56 heavy (non-hydrogen) atoms. The van der Waals surface area contributed by atoms with Crippen LogP contribution in [0.5, 0.6) is 11.5 Å². The molecule has 0 N–H and O–H groups in total. The fourth-order valence-corrected chi connectivity index (χ4v) is 4.89. The predicted molar refractivity (Wildman–Crippen MR) is 183 cm³/mol. The van der Waals surface area contributed by atoms with E-state index in [0.717, 1.165) is 36.0 Å². The Labute approximate surface area is 312 Å². The number of halogens is 12. The van der Waals surface area contributed by atoms with Crippen molar-refractivity contribution in [3.8, 4) is 11.5 Å². The van der Waals surface area contributed by atoms with E-state index in [2.05, 4.69) is 98.2 Å². The summed E-state index contributed by atoms with van der Waals surface area (Å²) in [5.41, 5.74) is 4.48. The molecule has 0 radical (unpaired) electrons. The Hall–Kier alpha value is -4.45. The molecular formula is C33H37F12N5O4P2. The minimum absolute atomic E-state index is 0.495. The largest absolute Gasteiger partial charge is 0.491 e. The molecule has 0 saturated heterocycles. The summed E-state index contributed by atoms with van der Waals surface area (Å²) >= 11 is 0. The van der Waals surface area contributed by atoms with Crippen LogP contribution in [0.3, 0.4) is 0 Å². The number of pyridine rings is 1. The van der Waals surface area contributed by atoms with Crippen LogP contribution in [0, 0.1) is 0 Å². The second kappa shape index (κ2) is 16.2. The average Bonchev–Trinajstić information content (AvgIpc) is 3.69. The number of ether oxygens (including phenoxy) is 4. The summed E-state index contributed by atoms with van der Waals surface area (Å²) in [6.07, 6.45) is 12.6. The topological polar surface area (TPSA) is 67.4 Å². The molecule has 9 nitrogen and oxygen atoms in total. The molecule has 0 amide bonds. The first kappa shape index (κ1) is 44.3. The van der Waals surface area contributed by atoms with Crippen molar-refractivity contribution in [1.29, 1.82) is 0 Å². The molecule has 0 fully saturated rings. The standard InChI is InChI=1S/C33H37N5O4.2F6P/c1-2-30-24-37-14-12-35(26-37)22-28-4-8-32(9-5-28)41-20-18-39-16-17-40-19-21-42-33-10-6-29(7-11-33)23-36-13-15-38(27-36)25-31(3-1)34-30;2*1-7(2,3,4,5)6/h1-15,26-27H,16-25H2;;/q+2;2*-1. The van der Waals surface area contributed by atoms with Gasteiger partial charge >= 0.3 is 66.0 Å². The predicted octanol–water partition coefficient (Wildman–Crippen LogP) is 10.0. The van der Waals surface area contributed by atoms with Gasteiger partial charge in [-0.05, 0) is 47.5 Å². The van der Waals surface area contributed by atoms with Gasteiger partial charge in [0.1, 0.15) is 75.7 Å². The van der Waals surface area contributed by atoms with Gasteiger partial charge in [-0.25, -0.2) is 23.3 Å².